The molecule has 0 amide bonds. The van der Waals surface area contributed by atoms with E-state index in [0.717, 1.165) is 39.9 Å². The Hall–Kier alpha value is -1.95. The summed E-state index contributed by atoms with van der Waals surface area (Å²) in [5, 5.41) is 4.13. The van der Waals surface area contributed by atoms with Gasteiger partial charge in [0.05, 0.1) is 15.9 Å². The van der Waals surface area contributed by atoms with Crippen LogP contribution >= 0.6 is 27.5 Å². The first-order chi connectivity index (χ1) is 12.2. The van der Waals surface area contributed by atoms with Gasteiger partial charge in [0.15, 0.2) is 0 Å². The number of benzene rings is 1. The van der Waals surface area contributed by atoms with E-state index in [9.17, 15) is 0 Å². The Kier molecular flexibility index (Phi) is 6.02. The fraction of sp³-hybridized carbons (Fsp3) is 0.158. The van der Waals surface area contributed by atoms with E-state index in [4.69, 9.17) is 17.3 Å². The Morgan fingerprint density at radius 1 is 1.08 bits per heavy atom. The van der Waals surface area contributed by atoms with Crippen LogP contribution in [-0.4, -0.2) is 16.5 Å². The summed E-state index contributed by atoms with van der Waals surface area (Å²) < 4.78 is 0.924. The van der Waals surface area contributed by atoms with E-state index in [-0.39, 0.29) is 6.04 Å². The van der Waals surface area contributed by atoms with Crippen LogP contribution in [0.3, 0.4) is 0 Å². The highest BCUT2D eigenvalue weighted by Gasteiger charge is 2.11. The van der Waals surface area contributed by atoms with E-state index in [0.29, 0.717) is 5.02 Å². The van der Waals surface area contributed by atoms with Crippen LogP contribution in [0.15, 0.2) is 65.5 Å². The fourth-order valence-corrected chi connectivity index (χ4v) is 3.46. The van der Waals surface area contributed by atoms with Gasteiger partial charge in [-0.15, -0.1) is 0 Å². The predicted molar refractivity (Wildman–Crippen MR) is 107 cm³/mol. The number of anilines is 1. The molecular weight excluding hydrogens is 400 g/mol. The van der Waals surface area contributed by atoms with Crippen LogP contribution in [0.2, 0.25) is 5.02 Å². The largest absolute Gasteiger partial charge is 0.384 e. The van der Waals surface area contributed by atoms with Gasteiger partial charge in [-0.2, -0.15) is 0 Å². The molecule has 1 atom stereocenters. The van der Waals surface area contributed by atoms with Crippen molar-refractivity contribution in [3.05, 3.63) is 76.1 Å². The molecule has 6 heteroatoms. The summed E-state index contributed by atoms with van der Waals surface area (Å²) in [5.41, 5.74) is 10.1. The van der Waals surface area contributed by atoms with Crippen LogP contribution < -0.4 is 11.1 Å². The van der Waals surface area contributed by atoms with Crippen molar-refractivity contribution in [3.8, 4) is 11.3 Å². The molecule has 0 aliphatic carbocycles. The minimum absolute atomic E-state index is 0.110. The van der Waals surface area contributed by atoms with Crippen LogP contribution in [0, 0.1) is 0 Å². The normalized spacial score (nSPS) is 12.0. The minimum atomic E-state index is -0.110. The van der Waals surface area contributed by atoms with Crippen molar-refractivity contribution in [2.45, 2.75) is 12.5 Å². The number of nitrogens with one attached hydrogen (secondary N) is 1. The number of hydrogen-bond acceptors (Lipinski definition) is 4. The smallest absolute Gasteiger partial charge is 0.0866 e. The molecular formula is C19H18BrClN4. The van der Waals surface area contributed by atoms with Gasteiger partial charge in [0.1, 0.15) is 0 Å². The van der Waals surface area contributed by atoms with Gasteiger partial charge >= 0.3 is 0 Å². The van der Waals surface area contributed by atoms with Gasteiger partial charge in [-0.05, 0) is 52.2 Å². The summed E-state index contributed by atoms with van der Waals surface area (Å²) in [7, 11) is 0. The summed E-state index contributed by atoms with van der Waals surface area (Å²) >= 11 is 9.85. The van der Waals surface area contributed by atoms with Crippen LogP contribution in [0.5, 0.6) is 0 Å². The van der Waals surface area contributed by atoms with E-state index in [1.54, 1.807) is 18.6 Å². The Bertz CT molecular complexity index is 842. The summed E-state index contributed by atoms with van der Waals surface area (Å²) in [6, 6.07) is 13.4. The molecule has 0 aliphatic rings. The van der Waals surface area contributed by atoms with E-state index in [1.165, 1.54) is 0 Å². The van der Waals surface area contributed by atoms with Crippen molar-refractivity contribution in [2.75, 3.05) is 11.9 Å². The number of pyridine rings is 2. The standard InChI is InChI=1S/C19H18BrClN4/c20-18-17(8-12-25-19(18)13-5-9-23-10-6-13)24-11-7-16(22)14-3-1-2-4-15(14)21/h1-6,8-10,12,16H,7,11,22H2,(H,24,25)/t16-/m1/s1. The lowest BCUT2D eigenvalue weighted by atomic mass is 10.0. The first-order valence-corrected chi connectivity index (χ1v) is 9.12. The molecule has 0 saturated heterocycles. The van der Waals surface area contributed by atoms with Gasteiger partial charge < -0.3 is 11.1 Å². The van der Waals surface area contributed by atoms with Crippen molar-refractivity contribution in [2.24, 2.45) is 5.73 Å². The number of rotatable bonds is 6. The first-order valence-electron chi connectivity index (χ1n) is 7.95. The molecule has 0 saturated carbocycles. The van der Waals surface area contributed by atoms with Gasteiger partial charge in [0.25, 0.3) is 0 Å². The average Bonchev–Trinajstić information content (AvgIpc) is 2.64. The zero-order valence-corrected chi connectivity index (χ0v) is 15.8. The molecule has 128 valence electrons. The molecule has 0 unspecified atom stereocenters. The summed E-state index contributed by atoms with van der Waals surface area (Å²) in [5.74, 6) is 0. The molecule has 0 fully saturated rings. The second-order valence-electron chi connectivity index (χ2n) is 5.60. The van der Waals surface area contributed by atoms with Crippen molar-refractivity contribution in [1.29, 1.82) is 0 Å². The maximum Gasteiger partial charge on any atom is 0.0866 e. The van der Waals surface area contributed by atoms with Crippen LogP contribution in [0.4, 0.5) is 5.69 Å². The summed E-state index contributed by atoms with van der Waals surface area (Å²) in [4.78, 5) is 8.50. The maximum absolute atomic E-state index is 6.26. The summed E-state index contributed by atoms with van der Waals surface area (Å²) in [6.07, 6.45) is 6.07. The first kappa shape index (κ1) is 17.9. The van der Waals surface area contributed by atoms with Crippen LogP contribution in [0.1, 0.15) is 18.0 Å². The Balaban J connectivity index is 1.67. The van der Waals surface area contributed by atoms with Crippen LogP contribution in [-0.2, 0) is 0 Å². The molecule has 4 nitrogen and oxygen atoms in total. The van der Waals surface area contributed by atoms with Gasteiger partial charge in [-0.25, -0.2) is 0 Å². The highest BCUT2D eigenvalue weighted by atomic mass is 79.9. The molecule has 1 aromatic carbocycles. The van der Waals surface area contributed by atoms with Gasteiger partial charge in [0, 0.05) is 41.8 Å². The molecule has 2 heterocycles. The lowest BCUT2D eigenvalue weighted by molar-refractivity contribution is 0.675. The number of halogens is 2. The third-order valence-electron chi connectivity index (χ3n) is 3.92. The molecule has 0 bridgehead atoms. The van der Waals surface area contributed by atoms with Crippen molar-refractivity contribution in [1.82, 2.24) is 9.97 Å². The Labute approximate surface area is 160 Å². The lowest BCUT2D eigenvalue weighted by Gasteiger charge is -2.16. The number of nitrogens with zero attached hydrogens (tertiary/aromatic N) is 2. The number of aromatic nitrogens is 2. The van der Waals surface area contributed by atoms with E-state index >= 15 is 0 Å². The number of nitrogens with two attached hydrogens (primary N) is 1. The third-order valence-corrected chi connectivity index (χ3v) is 5.07. The maximum atomic E-state index is 6.26. The molecule has 2 aromatic heterocycles. The second-order valence-corrected chi connectivity index (χ2v) is 6.80. The third kappa shape index (κ3) is 4.37. The minimum Gasteiger partial charge on any atom is -0.384 e. The van der Waals surface area contributed by atoms with Crippen molar-refractivity contribution < 1.29 is 0 Å². The van der Waals surface area contributed by atoms with E-state index in [1.807, 2.05) is 42.5 Å². The monoisotopic (exact) mass is 416 g/mol. The Morgan fingerprint density at radius 3 is 2.60 bits per heavy atom. The zero-order chi connectivity index (χ0) is 17.6. The summed E-state index contributed by atoms with van der Waals surface area (Å²) in [6.45, 7) is 0.727. The fourth-order valence-electron chi connectivity index (χ4n) is 2.58. The molecule has 0 spiro atoms. The molecule has 0 radical (unpaired) electrons. The molecule has 0 aliphatic heterocycles. The van der Waals surface area contributed by atoms with Crippen molar-refractivity contribution in [3.63, 3.8) is 0 Å². The zero-order valence-electron chi connectivity index (χ0n) is 13.5. The van der Waals surface area contributed by atoms with Crippen molar-refractivity contribution >= 4 is 33.2 Å². The van der Waals surface area contributed by atoms with Gasteiger partial charge in [-0.1, -0.05) is 29.8 Å². The van der Waals surface area contributed by atoms with E-state index in [2.05, 4.69) is 31.2 Å². The highest BCUT2D eigenvalue weighted by molar-refractivity contribution is 9.10. The predicted octanol–water partition coefficient (Wildman–Crippen LogP) is 5.06. The molecule has 3 N–H and O–H groups in total. The second kappa shape index (κ2) is 8.43. The Morgan fingerprint density at radius 2 is 1.84 bits per heavy atom. The number of hydrogen-bond donors (Lipinski definition) is 2. The average molecular weight is 418 g/mol. The molecule has 3 aromatic rings. The lowest BCUT2D eigenvalue weighted by Crippen LogP contribution is -2.16. The van der Waals surface area contributed by atoms with Crippen LogP contribution in [0.25, 0.3) is 11.3 Å². The highest BCUT2D eigenvalue weighted by Crippen LogP contribution is 2.32. The molecule has 3 rings (SSSR count). The van der Waals surface area contributed by atoms with Gasteiger partial charge in [0.2, 0.25) is 0 Å². The quantitative estimate of drug-likeness (QED) is 0.588. The van der Waals surface area contributed by atoms with Gasteiger partial charge in [-0.3, -0.25) is 9.97 Å². The SMILES string of the molecule is N[C@H](CCNc1ccnc(-c2ccncc2)c1Br)c1ccccc1Cl. The topological polar surface area (TPSA) is 63.8 Å². The molecule has 25 heavy (non-hydrogen) atoms. The van der Waals surface area contributed by atoms with E-state index < -0.39 is 0 Å².